The van der Waals surface area contributed by atoms with Crippen LogP contribution in [-0.2, 0) is 11.2 Å². The maximum absolute atomic E-state index is 12.4. The number of urea groups is 1. The zero-order valence-electron chi connectivity index (χ0n) is 14.7. The Morgan fingerprint density at radius 3 is 2.62 bits per heavy atom. The lowest BCUT2D eigenvalue weighted by Gasteiger charge is -2.17. The van der Waals surface area contributed by atoms with Crippen molar-refractivity contribution in [2.75, 3.05) is 37.5 Å². The minimum atomic E-state index is -0.460. The first-order chi connectivity index (χ1) is 12.6. The van der Waals surface area contributed by atoms with E-state index in [0.29, 0.717) is 23.7 Å². The van der Waals surface area contributed by atoms with E-state index in [1.807, 2.05) is 24.3 Å². The summed E-state index contributed by atoms with van der Waals surface area (Å²) >= 11 is 0. The molecule has 2 N–H and O–H groups in total. The van der Waals surface area contributed by atoms with E-state index in [1.165, 1.54) is 7.11 Å². The molecule has 0 saturated heterocycles. The Labute approximate surface area is 151 Å². The van der Waals surface area contributed by atoms with E-state index >= 15 is 0 Å². The molecule has 0 bridgehead atoms. The second-order valence-electron chi connectivity index (χ2n) is 5.80. The molecule has 3 rings (SSSR count). The van der Waals surface area contributed by atoms with Crippen molar-refractivity contribution >= 4 is 23.3 Å². The van der Waals surface area contributed by atoms with Gasteiger partial charge in [0.1, 0.15) is 0 Å². The summed E-state index contributed by atoms with van der Waals surface area (Å²) in [5, 5.41) is 5.27. The lowest BCUT2D eigenvalue weighted by molar-refractivity contribution is -0.117. The first kappa shape index (κ1) is 17.6. The molecule has 2 aromatic rings. The highest BCUT2D eigenvalue weighted by Gasteiger charge is 2.24. The van der Waals surface area contributed by atoms with Gasteiger partial charge >= 0.3 is 6.03 Å². The van der Waals surface area contributed by atoms with Gasteiger partial charge in [-0.1, -0.05) is 18.2 Å². The molecule has 3 amide bonds. The maximum atomic E-state index is 12.4. The minimum Gasteiger partial charge on any atom is -0.493 e. The van der Waals surface area contributed by atoms with Crippen LogP contribution in [-0.4, -0.2) is 39.2 Å². The van der Waals surface area contributed by atoms with Gasteiger partial charge < -0.3 is 25.0 Å². The van der Waals surface area contributed by atoms with Crippen molar-refractivity contribution in [3.63, 3.8) is 0 Å². The molecular weight excluding hydrogens is 334 g/mol. The van der Waals surface area contributed by atoms with Gasteiger partial charge in [-0.3, -0.25) is 4.79 Å². The number of ether oxygens (including phenoxy) is 2. The molecule has 2 aromatic carbocycles. The number of hydrogen-bond donors (Lipinski definition) is 2. The number of methoxy groups -OCH3 is 2. The molecule has 0 radical (unpaired) electrons. The number of para-hydroxylation sites is 1. The SMILES string of the molecule is COc1ccc(NC(=O)NCC(=O)N2CCc3ccccc32)cc1OC. The fraction of sp³-hybridized carbons (Fsp3) is 0.263. The Balaban J connectivity index is 1.55. The predicted molar refractivity (Wildman–Crippen MR) is 99.1 cm³/mol. The third-order valence-electron chi connectivity index (χ3n) is 4.23. The monoisotopic (exact) mass is 355 g/mol. The third kappa shape index (κ3) is 3.72. The Hall–Kier alpha value is -3.22. The van der Waals surface area contributed by atoms with Crippen LogP contribution in [0.15, 0.2) is 42.5 Å². The molecule has 0 fully saturated rings. The van der Waals surface area contributed by atoms with E-state index in [2.05, 4.69) is 10.6 Å². The van der Waals surface area contributed by atoms with Crippen molar-refractivity contribution in [2.45, 2.75) is 6.42 Å². The molecular formula is C19H21N3O4. The van der Waals surface area contributed by atoms with Gasteiger partial charge in [0.2, 0.25) is 5.91 Å². The van der Waals surface area contributed by atoms with Gasteiger partial charge in [0.15, 0.2) is 11.5 Å². The topological polar surface area (TPSA) is 79.9 Å². The molecule has 0 atom stereocenters. The van der Waals surface area contributed by atoms with Crippen molar-refractivity contribution in [3.05, 3.63) is 48.0 Å². The van der Waals surface area contributed by atoms with Crippen molar-refractivity contribution in [1.29, 1.82) is 0 Å². The van der Waals surface area contributed by atoms with Crippen LogP contribution in [0.5, 0.6) is 11.5 Å². The van der Waals surface area contributed by atoms with Gasteiger partial charge in [-0.05, 0) is 30.2 Å². The van der Waals surface area contributed by atoms with E-state index in [0.717, 1.165) is 17.7 Å². The van der Waals surface area contributed by atoms with Crippen LogP contribution in [0.2, 0.25) is 0 Å². The summed E-state index contributed by atoms with van der Waals surface area (Å²) in [7, 11) is 3.06. The number of rotatable bonds is 5. The summed E-state index contributed by atoms with van der Waals surface area (Å²) < 4.78 is 10.4. The number of anilines is 2. The first-order valence-electron chi connectivity index (χ1n) is 8.27. The highest BCUT2D eigenvalue weighted by atomic mass is 16.5. The Morgan fingerprint density at radius 2 is 1.85 bits per heavy atom. The summed E-state index contributed by atoms with van der Waals surface area (Å²) in [6.07, 6.45) is 0.833. The molecule has 1 aliphatic heterocycles. The lowest BCUT2D eigenvalue weighted by Crippen LogP contribution is -2.41. The van der Waals surface area contributed by atoms with Gasteiger partial charge in [0.25, 0.3) is 0 Å². The van der Waals surface area contributed by atoms with E-state index in [-0.39, 0.29) is 12.5 Å². The van der Waals surface area contributed by atoms with Crippen LogP contribution < -0.4 is 25.0 Å². The van der Waals surface area contributed by atoms with Crippen LogP contribution >= 0.6 is 0 Å². The number of amides is 3. The largest absolute Gasteiger partial charge is 0.493 e. The molecule has 0 aromatic heterocycles. The standard InChI is InChI=1S/C19H21N3O4/c1-25-16-8-7-14(11-17(16)26-2)21-19(24)20-12-18(23)22-10-9-13-5-3-4-6-15(13)22/h3-8,11H,9-10,12H2,1-2H3,(H2,20,21,24). The Bertz CT molecular complexity index is 822. The number of carbonyl (C=O) groups excluding carboxylic acids is 2. The fourth-order valence-corrected chi connectivity index (χ4v) is 2.94. The predicted octanol–water partition coefficient (Wildman–Crippen LogP) is 2.41. The summed E-state index contributed by atoms with van der Waals surface area (Å²) in [4.78, 5) is 26.2. The maximum Gasteiger partial charge on any atom is 0.319 e. The third-order valence-corrected chi connectivity index (χ3v) is 4.23. The normalized spacial score (nSPS) is 12.3. The summed E-state index contributed by atoms with van der Waals surface area (Å²) in [6.45, 7) is 0.560. The van der Waals surface area contributed by atoms with Crippen molar-refractivity contribution in [3.8, 4) is 11.5 Å². The molecule has 1 aliphatic rings. The van der Waals surface area contributed by atoms with Gasteiger partial charge in [-0.25, -0.2) is 4.79 Å². The number of carbonyl (C=O) groups is 2. The summed E-state index contributed by atoms with van der Waals surface area (Å²) in [5.41, 5.74) is 2.61. The van der Waals surface area contributed by atoms with Crippen LogP contribution in [0.4, 0.5) is 16.2 Å². The quantitative estimate of drug-likeness (QED) is 0.863. The number of hydrogen-bond acceptors (Lipinski definition) is 4. The minimum absolute atomic E-state index is 0.0759. The fourth-order valence-electron chi connectivity index (χ4n) is 2.94. The van der Waals surface area contributed by atoms with Gasteiger partial charge in [0, 0.05) is 24.0 Å². The second kappa shape index (κ2) is 7.77. The summed E-state index contributed by atoms with van der Waals surface area (Å²) in [6, 6.07) is 12.4. The van der Waals surface area contributed by atoms with Crippen molar-refractivity contribution in [2.24, 2.45) is 0 Å². The number of nitrogens with one attached hydrogen (secondary N) is 2. The first-order valence-corrected chi connectivity index (χ1v) is 8.27. The van der Waals surface area contributed by atoms with Gasteiger partial charge in [0.05, 0.1) is 20.8 Å². The molecule has 0 spiro atoms. The number of benzene rings is 2. The molecule has 0 aliphatic carbocycles. The smallest absolute Gasteiger partial charge is 0.319 e. The average Bonchev–Trinajstić information content (AvgIpc) is 3.10. The zero-order valence-corrected chi connectivity index (χ0v) is 14.7. The molecule has 26 heavy (non-hydrogen) atoms. The van der Waals surface area contributed by atoms with Crippen molar-refractivity contribution in [1.82, 2.24) is 5.32 Å². The Kier molecular flexibility index (Phi) is 5.26. The molecule has 7 nitrogen and oxygen atoms in total. The van der Waals surface area contributed by atoms with Crippen LogP contribution in [0.3, 0.4) is 0 Å². The molecule has 1 heterocycles. The van der Waals surface area contributed by atoms with E-state index < -0.39 is 6.03 Å². The van der Waals surface area contributed by atoms with E-state index in [1.54, 1.807) is 30.2 Å². The van der Waals surface area contributed by atoms with Crippen LogP contribution in [0.1, 0.15) is 5.56 Å². The van der Waals surface area contributed by atoms with E-state index in [4.69, 9.17) is 9.47 Å². The van der Waals surface area contributed by atoms with Crippen LogP contribution in [0.25, 0.3) is 0 Å². The van der Waals surface area contributed by atoms with E-state index in [9.17, 15) is 9.59 Å². The number of nitrogens with zero attached hydrogens (tertiary/aromatic N) is 1. The molecule has 0 saturated carbocycles. The van der Waals surface area contributed by atoms with Crippen molar-refractivity contribution < 1.29 is 19.1 Å². The van der Waals surface area contributed by atoms with Crippen LogP contribution in [0, 0.1) is 0 Å². The highest BCUT2D eigenvalue weighted by molar-refractivity contribution is 5.99. The molecule has 0 unspecified atom stereocenters. The van der Waals surface area contributed by atoms with Gasteiger partial charge in [-0.15, -0.1) is 0 Å². The number of fused-ring (bicyclic) bond motifs is 1. The molecule has 7 heteroatoms. The molecule has 136 valence electrons. The highest BCUT2D eigenvalue weighted by Crippen LogP contribution is 2.30. The zero-order chi connectivity index (χ0) is 18.5. The lowest BCUT2D eigenvalue weighted by atomic mass is 10.2. The average molecular weight is 355 g/mol. The Morgan fingerprint density at radius 1 is 1.08 bits per heavy atom. The van der Waals surface area contributed by atoms with Gasteiger partial charge in [-0.2, -0.15) is 0 Å². The summed E-state index contributed by atoms with van der Waals surface area (Å²) in [5.74, 6) is 0.939. The second-order valence-corrected chi connectivity index (χ2v) is 5.80.